The van der Waals surface area contributed by atoms with Crippen LogP contribution < -0.4 is 0 Å². The number of benzene rings is 1. The molecule has 0 aliphatic carbocycles. The third kappa shape index (κ3) is 8.72. The maximum Gasteiger partial charge on any atom is 0.417 e. The zero-order valence-corrected chi connectivity index (χ0v) is 22.4. The molecule has 1 rings (SSSR count). The molecule has 0 aliphatic heterocycles. The van der Waals surface area contributed by atoms with Gasteiger partial charge in [-0.2, -0.15) is 4.31 Å². The highest BCUT2D eigenvalue weighted by Gasteiger charge is 2.40. The van der Waals surface area contributed by atoms with Crippen molar-refractivity contribution >= 4 is 22.0 Å². The molecule has 0 aromatic heterocycles. The van der Waals surface area contributed by atoms with Crippen molar-refractivity contribution in [2.24, 2.45) is 5.92 Å². The van der Waals surface area contributed by atoms with Gasteiger partial charge in [0.05, 0.1) is 4.90 Å². The zero-order chi connectivity index (χ0) is 26.3. The number of hydrogen-bond acceptors (Lipinski definition) is 5. The maximum atomic E-state index is 13.8. The second-order valence-corrected chi connectivity index (χ2v) is 11.9. The summed E-state index contributed by atoms with van der Waals surface area (Å²) in [5, 5.41) is 0. The molecule has 7 nitrogen and oxygen atoms in total. The molecule has 0 saturated carbocycles. The van der Waals surface area contributed by atoms with Crippen LogP contribution in [0.2, 0.25) is 0 Å². The summed E-state index contributed by atoms with van der Waals surface area (Å²) in [4.78, 5) is 27.6. The molecular formula is C26H40N2O5S. The summed E-state index contributed by atoms with van der Waals surface area (Å²) in [6.07, 6.45) is 1.17. The summed E-state index contributed by atoms with van der Waals surface area (Å²) >= 11 is 0. The first-order valence-electron chi connectivity index (χ1n) is 11.5. The first kappa shape index (κ1) is 29.6. The van der Waals surface area contributed by atoms with E-state index in [2.05, 4.69) is 13.2 Å². The van der Waals surface area contributed by atoms with Crippen molar-refractivity contribution in [2.45, 2.75) is 77.8 Å². The zero-order valence-electron chi connectivity index (χ0n) is 21.6. The van der Waals surface area contributed by atoms with Crippen LogP contribution in [0.3, 0.4) is 0 Å². The molecule has 8 heteroatoms. The van der Waals surface area contributed by atoms with E-state index in [-0.39, 0.29) is 30.3 Å². The number of aryl methyl sites for hydroxylation is 1. The number of ether oxygens (including phenoxy) is 1. The lowest BCUT2D eigenvalue weighted by molar-refractivity contribution is -0.134. The number of rotatable bonds is 11. The molecule has 0 spiro atoms. The minimum Gasteiger partial charge on any atom is -0.443 e. The number of carbonyl (C=O) groups is 2. The van der Waals surface area contributed by atoms with E-state index in [1.165, 1.54) is 22.5 Å². The number of sulfonamides is 1. The molecular weight excluding hydrogens is 452 g/mol. The highest BCUT2D eigenvalue weighted by Crippen LogP contribution is 2.25. The molecule has 2 amide bonds. The Morgan fingerprint density at radius 3 is 2.15 bits per heavy atom. The van der Waals surface area contributed by atoms with Crippen LogP contribution in [0.1, 0.15) is 59.9 Å². The highest BCUT2D eigenvalue weighted by atomic mass is 32.2. The molecule has 1 unspecified atom stereocenters. The van der Waals surface area contributed by atoms with Gasteiger partial charge in [0.25, 0.3) is 5.91 Å². The Labute approximate surface area is 205 Å². The van der Waals surface area contributed by atoms with E-state index in [0.29, 0.717) is 12.0 Å². The second-order valence-electron chi connectivity index (χ2n) is 10.0. The average Bonchev–Trinajstić information content (AvgIpc) is 2.69. The molecule has 0 heterocycles. The van der Waals surface area contributed by atoms with Crippen LogP contribution in [0.15, 0.2) is 54.0 Å². The van der Waals surface area contributed by atoms with Gasteiger partial charge >= 0.3 is 6.09 Å². The molecule has 0 fully saturated rings. The topological polar surface area (TPSA) is 84.0 Å². The Morgan fingerprint density at radius 1 is 1.15 bits per heavy atom. The molecule has 0 N–H and O–H groups in total. The molecule has 0 radical (unpaired) electrons. The maximum absolute atomic E-state index is 13.8. The fourth-order valence-electron chi connectivity index (χ4n) is 3.20. The molecule has 1 aromatic carbocycles. The van der Waals surface area contributed by atoms with E-state index < -0.39 is 33.7 Å². The molecule has 1 atom stereocenters. The van der Waals surface area contributed by atoms with E-state index >= 15 is 0 Å². The van der Waals surface area contributed by atoms with E-state index in [1.54, 1.807) is 39.8 Å². The standard InChI is InChI=1S/C26H40N2O5S/c1-10-16-27(25(30)33-26(7,8)9)24(29)23(18-20(4)5)28(17-15-19(2)3)34(31,32)22-13-11-21(6)12-14-22/h10-14,19,23H,1,4,15-18H2,2-3,5-9H3. The van der Waals surface area contributed by atoms with Crippen LogP contribution in [-0.2, 0) is 19.6 Å². The molecule has 0 saturated heterocycles. The molecule has 34 heavy (non-hydrogen) atoms. The minimum absolute atomic E-state index is 0.0679. The third-order valence-corrected chi connectivity index (χ3v) is 6.84. The van der Waals surface area contributed by atoms with Crippen molar-refractivity contribution in [3.63, 3.8) is 0 Å². The van der Waals surface area contributed by atoms with Crippen LogP contribution in [0, 0.1) is 12.8 Å². The lowest BCUT2D eigenvalue weighted by atomic mass is 10.1. The van der Waals surface area contributed by atoms with Gasteiger partial charge in [0, 0.05) is 13.1 Å². The molecule has 0 aliphatic rings. The molecule has 0 bridgehead atoms. The van der Waals surface area contributed by atoms with Crippen molar-refractivity contribution in [1.29, 1.82) is 0 Å². The largest absolute Gasteiger partial charge is 0.443 e. The fraction of sp³-hybridized carbons (Fsp3) is 0.538. The van der Waals surface area contributed by atoms with Crippen molar-refractivity contribution in [3.8, 4) is 0 Å². The van der Waals surface area contributed by atoms with E-state index in [1.807, 2.05) is 20.8 Å². The van der Waals surface area contributed by atoms with Crippen LogP contribution in [0.4, 0.5) is 4.79 Å². The Hall–Kier alpha value is -2.45. The number of imide groups is 1. The van der Waals surface area contributed by atoms with Crippen LogP contribution in [0.25, 0.3) is 0 Å². The van der Waals surface area contributed by atoms with Gasteiger partial charge in [0.15, 0.2) is 0 Å². The van der Waals surface area contributed by atoms with Gasteiger partial charge in [-0.15, -0.1) is 13.2 Å². The van der Waals surface area contributed by atoms with Crippen molar-refractivity contribution in [3.05, 3.63) is 54.6 Å². The van der Waals surface area contributed by atoms with Gasteiger partial charge in [0.1, 0.15) is 11.6 Å². The van der Waals surface area contributed by atoms with Gasteiger partial charge < -0.3 is 4.74 Å². The lowest BCUT2D eigenvalue weighted by Crippen LogP contribution is -2.53. The molecule has 190 valence electrons. The Morgan fingerprint density at radius 2 is 1.71 bits per heavy atom. The van der Waals surface area contributed by atoms with Gasteiger partial charge in [-0.3, -0.25) is 4.79 Å². The summed E-state index contributed by atoms with van der Waals surface area (Å²) in [5.74, 6) is -0.469. The van der Waals surface area contributed by atoms with Gasteiger partial charge in [-0.25, -0.2) is 18.1 Å². The van der Waals surface area contributed by atoms with Crippen LogP contribution >= 0.6 is 0 Å². The number of hydrogen-bond donors (Lipinski definition) is 0. The number of amides is 2. The van der Waals surface area contributed by atoms with Crippen molar-refractivity contribution in [2.75, 3.05) is 13.1 Å². The predicted molar refractivity (Wildman–Crippen MR) is 136 cm³/mol. The summed E-state index contributed by atoms with van der Waals surface area (Å²) in [6, 6.07) is 5.34. The fourth-order valence-corrected chi connectivity index (χ4v) is 4.79. The smallest absolute Gasteiger partial charge is 0.417 e. The quantitative estimate of drug-likeness (QED) is 0.391. The Bertz CT molecular complexity index is 975. The van der Waals surface area contributed by atoms with E-state index in [4.69, 9.17) is 4.74 Å². The van der Waals surface area contributed by atoms with Gasteiger partial charge in [0.2, 0.25) is 10.0 Å². The predicted octanol–water partition coefficient (Wildman–Crippen LogP) is 5.32. The first-order valence-corrected chi connectivity index (χ1v) is 12.9. The van der Waals surface area contributed by atoms with E-state index in [9.17, 15) is 18.0 Å². The van der Waals surface area contributed by atoms with Crippen LogP contribution in [-0.4, -0.2) is 54.4 Å². The second kappa shape index (κ2) is 12.3. The molecule has 1 aromatic rings. The van der Waals surface area contributed by atoms with Crippen LogP contribution in [0.5, 0.6) is 0 Å². The SMILES string of the molecule is C=CCN(C(=O)OC(C)(C)C)C(=O)C(CC(=C)C)N(CCC(C)C)S(=O)(=O)c1ccc(C)cc1. The summed E-state index contributed by atoms with van der Waals surface area (Å²) in [7, 11) is -4.05. The summed E-state index contributed by atoms with van der Waals surface area (Å²) in [5.41, 5.74) is 0.713. The van der Waals surface area contributed by atoms with Gasteiger partial charge in [-0.1, -0.05) is 43.2 Å². The Balaban J connectivity index is 3.58. The monoisotopic (exact) mass is 492 g/mol. The normalized spacial score (nSPS) is 13.0. The summed E-state index contributed by atoms with van der Waals surface area (Å²) in [6.45, 7) is 20.2. The minimum atomic E-state index is -4.05. The highest BCUT2D eigenvalue weighted by molar-refractivity contribution is 7.89. The first-order chi connectivity index (χ1) is 15.6. The number of nitrogens with zero attached hydrogens (tertiary/aromatic N) is 2. The van der Waals surface area contributed by atoms with Crippen molar-refractivity contribution < 1.29 is 22.7 Å². The van der Waals surface area contributed by atoms with Gasteiger partial charge in [-0.05, 0) is 65.5 Å². The van der Waals surface area contributed by atoms with E-state index in [0.717, 1.165) is 10.5 Å². The summed E-state index contributed by atoms with van der Waals surface area (Å²) < 4.78 is 34.1. The number of carbonyl (C=O) groups excluding carboxylic acids is 2. The van der Waals surface area contributed by atoms with Crippen molar-refractivity contribution in [1.82, 2.24) is 9.21 Å². The average molecular weight is 493 g/mol. The lowest BCUT2D eigenvalue weighted by Gasteiger charge is -2.34. The third-order valence-electron chi connectivity index (χ3n) is 4.92. The Kier molecular flexibility index (Phi) is 10.7.